The Morgan fingerprint density at radius 3 is 2.78 bits per heavy atom. The van der Waals surface area contributed by atoms with Gasteiger partial charge < -0.3 is 20.9 Å². The zero-order valence-corrected chi connectivity index (χ0v) is 16.4. The van der Waals surface area contributed by atoms with Gasteiger partial charge in [0, 0.05) is 15.0 Å². The molecule has 0 aliphatic rings. The van der Waals surface area contributed by atoms with Crippen LogP contribution in [0.5, 0.6) is 5.75 Å². The van der Waals surface area contributed by atoms with E-state index in [1.165, 1.54) is 22.7 Å². The van der Waals surface area contributed by atoms with Crippen LogP contribution in [0.15, 0.2) is 23.7 Å². The molecule has 1 aromatic carbocycles. The number of thiophene rings is 1. The van der Waals surface area contributed by atoms with E-state index in [4.69, 9.17) is 10.5 Å². The Labute approximate surface area is 163 Å². The number of aromatic nitrogens is 1. The molecule has 7 nitrogen and oxygen atoms in total. The highest BCUT2D eigenvalue weighted by atomic mass is 32.1. The van der Waals surface area contributed by atoms with E-state index in [9.17, 15) is 14.7 Å². The van der Waals surface area contributed by atoms with Crippen LogP contribution in [-0.2, 0) is 11.4 Å². The number of hydrogen-bond donors (Lipinski definition) is 3. The Kier molecular flexibility index (Phi) is 5.73. The summed E-state index contributed by atoms with van der Waals surface area (Å²) in [4.78, 5) is 30.0. The number of carbonyl (C=O) groups excluding carboxylic acids is 2. The zero-order chi connectivity index (χ0) is 19.6. The maximum Gasteiger partial charge on any atom is 0.253 e. The Morgan fingerprint density at radius 2 is 2.15 bits per heavy atom. The largest absolute Gasteiger partial charge is 0.488 e. The second kappa shape index (κ2) is 8.03. The number of rotatable bonds is 7. The minimum Gasteiger partial charge on any atom is -0.488 e. The number of fused-ring (bicyclic) bond motifs is 1. The predicted molar refractivity (Wildman–Crippen MR) is 105 cm³/mol. The number of thiazole rings is 1. The summed E-state index contributed by atoms with van der Waals surface area (Å²) in [6, 6.07) is 4.44. The van der Waals surface area contributed by atoms with Gasteiger partial charge in [0.1, 0.15) is 18.4 Å². The van der Waals surface area contributed by atoms with Gasteiger partial charge in [-0.1, -0.05) is 0 Å². The molecular weight excluding hydrogens is 386 g/mol. The lowest BCUT2D eigenvalue weighted by molar-refractivity contribution is -0.120. The highest BCUT2D eigenvalue weighted by Crippen LogP contribution is 2.34. The Bertz CT molecular complexity index is 996. The van der Waals surface area contributed by atoms with E-state index in [1.54, 1.807) is 5.51 Å². The molecule has 3 aromatic rings. The van der Waals surface area contributed by atoms with Crippen molar-refractivity contribution in [3.63, 3.8) is 0 Å². The molecule has 0 bridgehead atoms. The van der Waals surface area contributed by atoms with Gasteiger partial charge in [-0.3, -0.25) is 9.59 Å². The van der Waals surface area contributed by atoms with E-state index >= 15 is 0 Å². The third kappa shape index (κ3) is 4.10. The Hall–Kier alpha value is -2.49. The second-order valence-electron chi connectivity index (χ2n) is 5.95. The number of carbonyl (C=O) groups is 2. The monoisotopic (exact) mass is 405 g/mol. The van der Waals surface area contributed by atoms with Gasteiger partial charge in [-0.15, -0.1) is 22.7 Å². The van der Waals surface area contributed by atoms with Gasteiger partial charge in [0.2, 0.25) is 5.91 Å². The van der Waals surface area contributed by atoms with Crippen LogP contribution >= 0.6 is 22.7 Å². The van der Waals surface area contributed by atoms with Crippen molar-refractivity contribution in [1.29, 1.82) is 0 Å². The third-order valence-corrected chi connectivity index (χ3v) is 6.10. The lowest BCUT2D eigenvalue weighted by atomic mass is 10.1. The number of nitrogens with zero attached hydrogens (tertiary/aromatic N) is 1. The van der Waals surface area contributed by atoms with Gasteiger partial charge in [0.25, 0.3) is 5.91 Å². The number of ether oxygens (including phenoxy) is 1. The molecule has 2 aromatic heterocycles. The van der Waals surface area contributed by atoms with Crippen molar-refractivity contribution >= 4 is 44.6 Å². The van der Waals surface area contributed by atoms with E-state index < -0.39 is 24.5 Å². The fraction of sp³-hybridized carbons (Fsp3) is 0.278. The molecular formula is C18H19N3O4S2. The molecule has 3 rings (SSSR count). The predicted octanol–water partition coefficient (Wildman–Crippen LogP) is 2.13. The molecule has 142 valence electrons. The number of hydrogen-bond acceptors (Lipinski definition) is 7. The minimum absolute atomic E-state index is 0.404. The summed E-state index contributed by atoms with van der Waals surface area (Å²) in [5.74, 6) is -0.602. The molecule has 4 N–H and O–H groups in total. The highest BCUT2D eigenvalue weighted by Gasteiger charge is 2.22. The number of aliphatic hydroxyl groups is 1. The quantitative estimate of drug-likeness (QED) is 0.557. The first-order valence-electron chi connectivity index (χ1n) is 8.16. The normalized spacial score (nSPS) is 12.1. The van der Waals surface area contributed by atoms with E-state index in [-0.39, 0.29) is 0 Å². The van der Waals surface area contributed by atoms with Crippen molar-refractivity contribution in [2.75, 3.05) is 6.61 Å². The van der Waals surface area contributed by atoms with Crippen molar-refractivity contribution in [3.8, 4) is 5.75 Å². The van der Waals surface area contributed by atoms with Crippen LogP contribution < -0.4 is 15.8 Å². The number of benzene rings is 1. The van der Waals surface area contributed by atoms with Crippen LogP contribution in [0.2, 0.25) is 0 Å². The SMILES string of the molecule is Cc1ncsc1COc1ccc2sc(C)c(C(=O)N[C@H](CO)C(N)=O)c2c1. The highest BCUT2D eigenvalue weighted by molar-refractivity contribution is 7.19. The lowest BCUT2D eigenvalue weighted by Crippen LogP contribution is -2.46. The molecule has 9 heteroatoms. The first kappa shape index (κ1) is 19.3. The number of primary amides is 1. The molecule has 0 radical (unpaired) electrons. The van der Waals surface area contributed by atoms with E-state index in [0.29, 0.717) is 17.9 Å². The first-order chi connectivity index (χ1) is 12.9. The number of nitrogens with two attached hydrogens (primary N) is 1. The maximum absolute atomic E-state index is 12.6. The van der Waals surface area contributed by atoms with Crippen LogP contribution in [0.4, 0.5) is 0 Å². The summed E-state index contributed by atoms with van der Waals surface area (Å²) >= 11 is 3.01. The number of amides is 2. The van der Waals surface area contributed by atoms with Crippen molar-refractivity contribution in [3.05, 3.63) is 44.7 Å². The molecule has 0 unspecified atom stereocenters. The van der Waals surface area contributed by atoms with Crippen LogP contribution in [0.25, 0.3) is 10.1 Å². The number of nitrogens with one attached hydrogen (secondary N) is 1. The molecule has 2 amide bonds. The van der Waals surface area contributed by atoms with Crippen LogP contribution in [0, 0.1) is 13.8 Å². The van der Waals surface area contributed by atoms with Gasteiger partial charge >= 0.3 is 0 Å². The van der Waals surface area contributed by atoms with Gasteiger partial charge in [-0.05, 0) is 32.0 Å². The molecule has 27 heavy (non-hydrogen) atoms. The molecule has 0 saturated heterocycles. The van der Waals surface area contributed by atoms with Crippen molar-refractivity contribution < 1.29 is 19.4 Å². The average molecular weight is 406 g/mol. The van der Waals surface area contributed by atoms with Crippen molar-refractivity contribution in [2.24, 2.45) is 5.73 Å². The van der Waals surface area contributed by atoms with Crippen LogP contribution in [0.3, 0.4) is 0 Å². The van der Waals surface area contributed by atoms with Gasteiger partial charge in [0.05, 0.1) is 28.3 Å². The summed E-state index contributed by atoms with van der Waals surface area (Å²) in [6.45, 7) is 3.62. The Morgan fingerprint density at radius 1 is 1.37 bits per heavy atom. The van der Waals surface area contributed by atoms with Gasteiger partial charge in [-0.25, -0.2) is 4.98 Å². The Balaban J connectivity index is 1.87. The van der Waals surface area contributed by atoms with Crippen molar-refractivity contribution in [2.45, 2.75) is 26.5 Å². The number of aliphatic hydroxyl groups excluding tert-OH is 1. The molecule has 0 aliphatic heterocycles. The van der Waals surface area contributed by atoms with E-state index in [1.807, 2.05) is 32.0 Å². The summed E-state index contributed by atoms with van der Waals surface area (Å²) < 4.78 is 6.78. The van der Waals surface area contributed by atoms with E-state index in [2.05, 4.69) is 10.3 Å². The van der Waals surface area contributed by atoms with Gasteiger partial charge in [-0.2, -0.15) is 0 Å². The fourth-order valence-corrected chi connectivity index (χ4v) is 4.35. The van der Waals surface area contributed by atoms with Crippen molar-refractivity contribution in [1.82, 2.24) is 10.3 Å². The van der Waals surface area contributed by atoms with E-state index in [0.717, 1.165) is 25.5 Å². The summed E-state index contributed by atoms with van der Waals surface area (Å²) in [5, 5.41) is 12.4. The minimum atomic E-state index is -1.12. The second-order valence-corrected chi connectivity index (χ2v) is 8.15. The lowest BCUT2D eigenvalue weighted by Gasteiger charge is -2.13. The maximum atomic E-state index is 12.6. The molecule has 0 fully saturated rings. The molecule has 0 aliphatic carbocycles. The smallest absolute Gasteiger partial charge is 0.253 e. The number of aryl methyl sites for hydroxylation is 2. The van der Waals surface area contributed by atoms with Crippen LogP contribution in [0.1, 0.15) is 25.8 Å². The summed E-state index contributed by atoms with van der Waals surface area (Å²) in [5.41, 5.74) is 8.35. The standard InChI is InChI=1S/C18H19N3O4S2/c1-9-15(26-8-20-9)7-25-11-3-4-14-12(5-11)16(10(2)27-14)18(24)21-13(6-22)17(19)23/h3-5,8,13,22H,6-7H2,1-2H3,(H2,19,23)(H,21,24)/t13-/m1/s1. The average Bonchev–Trinajstić information content (AvgIpc) is 3.18. The molecule has 1 atom stereocenters. The van der Waals surface area contributed by atoms with Gasteiger partial charge in [0.15, 0.2) is 0 Å². The van der Waals surface area contributed by atoms with Crippen LogP contribution in [-0.4, -0.2) is 34.6 Å². The molecule has 0 spiro atoms. The first-order valence-corrected chi connectivity index (χ1v) is 9.86. The summed E-state index contributed by atoms with van der Waals surface area (Å²) in [6.07, 6.45) is 0. The zero-order valence-electron chi connectivity index (χ0n) is 14.8. The fourth-order valence-electron chi connectivity index (χ4n) is 2.62. The molecule has 2 heterocycles. The molecule has 0 saturated carbocycles. The topological polar surface area (TPSA) is 115 Å². The summed E-state index contributed by atoms with van der Waals surface area (Å²) in [7, 11) is 0. The third-order valence-electron chi connectivity index (χ3n) is 4.11.